The quantitative estimate of drug-likeness (QED) is 0.708. The number of amides is 1. The molecule has 1 amide bonds. The summed E-state index contributed by atoms with van der Waals surface area (Å²) in [6, 6.07) is 14.8. The maximum absolute atomic E-state index is 11.2. The predicted octanol–water partition coefficient (Wildman–Crippen LogP) is 3.53. The van der Waals surface area contributed by atoms with Crippen LogP contribution in [0, 0.1) is 0 Å². The molecule has 0 fully saturated rings. The van der Waals surface area contributed by atoms with Crippen LogP contribution in [-0.2, 0) is 12.8 Å². The molecule has 0 spiro atoms. The summed E-state index contributed by atoms with van der Waals surface area (Å²) in [6.07, 6.45) is 0. The van der Waals surface area contributed by atoms with E-state index in [0.717, 1.165) is 22.1 Å². The van der Waals surface area contributed by atoms with Gasteiger partial charge in [-0.05, 0) is 42.0 Å². The highest BCUT2D eigenvalue weighted by Crippen LogP contribution is 2.26. The van der Waals surface area contributed by atoms with Crippen molar-refractivity contribution in [1.82, 2.24) is 14.8 Å². The summed E-state index contributed by atoms with van der Waals surface area (Å²) in [5.41, 5.74) is 7.78. The van der Waals surface area contributed by atoms with E-state index in [1.54, 1.807) is 23.9 Å². The van der Waals surface area contributed by atoms with Crippen LogP contribution < -0.4 is 5.73 Å². The molecule has 2 aromatic carbocycles. The second kappa shape index (κ2) is 7.07. The minimum Gasteiger partial charge on any atom is -0.366 e. The van der Waals surface area contributed by atoms with Crippen LogP contribution in [0.5, 0.6) is 0 Å². The lowest BCUT2D eigenvalue weighted by molar-refractivity contribution is 0.1000. The summed E-state index contributed by atoms with van der Waals surface area (Å²) in [4.78, 5) is 11.2. The minimum absolute atomic E-state index is 0.425. The molecule has 0 saturated heterocycles. The lowest BCUT2D eigenvalue weighted by Gasteiger charge is -2.05. The molecule has 5 nitrogen and oxygen atoms in total. The summed E-state index contributed by atoms with van der Waals surface area (Å²) in [6.45, 7) is 0. The van der Waals surface area contributed by atoms with Gasteiger partial charge in [0.25, 0.3) is 0 Å². The number of primary amides is 1. The predicted molar refractivity (Wildman–Crippen MR) is 96.0 cm³/mol. The van der Waals surface area contributed by atoms with Crippen LogP contribution in [0.15, 0.2) is 53.7 Å². The van der Waals surface area contributed by atoms with Crippen molar-refractivity contribution in [3.63, 3.8) is 0 Å². The van der Waals surface area contributed by atoms with Gasteiger partial charge in [0.2, 0.25) is 5.91 Å². The third-order valence-corrected chi connectivity index (χ3v) is 4.86. The van der Waals surface area contributed by atoms with Crippen molar-refractivity contribution in [2.45, 2.75) is 10.9 Å². The average Bonchev–Trinajstić information content (AvgIpc) is 2.95. The van der Waals surface area contributed by atoms with Gasteiger partial charge in [-0.15, -0.1) is 10.2 Å². The van der Waals surface area contributed by atoms with Crippen LogP contribution in [0.1, 0.15) is 15.9 Å². The van der Waals surface area contributed by atoms with Crippen molar-refractivity contribution in [3.05, 3.63) is 64.7 Å². The second-order valence-corrected chi connectivity index (χ2v) is 6.60. The molecule has 7 heteroatoms. The number of aromatic nitrogens is 3. The van der Waals surface area contributed by atoms with E-state index in [-0.39, 0.29) is 0 Å². The van der Waals surface area contributed by atoms with E-state index < -0.39 is 5.91 Å². The molecule has 1 heterocycles. The normalized spacial score (nSPS) is 10.8. The van der Waals surface area contributed by atoms with Crippen molar-refractivity contribution in [2.24, 2.45) is 12.8 Å². The van der Waals surface area contributed by atoms with Crippen molar-refractivity contribution >= 4 is 29.3 Å². The van der Waals surface area contributed by atoms with Crippen LogP contribution in [-0.4, -0.2) is 20.7 Å². The third kappa shape index (κ3) is 3.60. The van der Waals surface area contributed by atoms with Gasteiger partial charge in [0.1, 0.15) is 0 Å². The zero-order valence-electron chi connectivity index (χ0n) is 12.9. The molecule has 0 aliphatic rings. The average molecular weight is 359 g/mol. The van der Waals surface area contributed by atoms with Gasteiger partial charge in [-0.1, -0.05) is 35.5 Å². The highest BCUT2D eigenvalue weighted by atomic mass is 35.5. The molecule has 0 saturated carbocycles. The Kier molecular flexibility index (Phi) is 4.87. The van der Waals surface area contributed by atoms with Crippen LogP contribution in [0.3, 0.4) is 0 Å². The lowest BCUT2D eigenvalue weighted by atomic mass is 10.1. The van der Waals surface area contributed by atoms with E-state index in [9.17, 15) is 4.79 Å². The maximum atomic E-state index is 11.2. The zero-order valence-corrected chi connectivity index (χ0v) is 14.5. The molecule has 2 N–H and O–H groups in total. The monoisotopic (exact) mass is 358 g/mol. The number of thioether (sulfide) groups is 1. The molecule has 0 unspecified atom stereocenters. The van der Waals surface area contributed by atoms with Crippen LogP contribution in [0.2, 0.25) is 5.02 Å². The minimum atomic E-state index is -0.425. The molecule has 24 heavy (non-hydrogen) atoms. The van der Waals surface area contributed by atoms with Crippen LogP contribution >= 0.6 is 23.4 Å². The largest absolute Gasteiger partial charge is 0.366 e. The molecule has 122 valence electrons. The van der Waals surface area contributed by atoms with Crippen molar-refractivity contribution in [1.29, 1.82) is 0 Å². The number of hydrogen-bond acceptors (Lipinski definition) is 4. The molecule has 0 bridgehead atoms. The molecule has 1 aromatic heterocycles. The molecule has 0 radical (unpaired) electrons. The summed E-state index contributed by atoms with van der Waals surface area (Å²) < 4.78 is 1.94. The maximum Gasteiger partial charge on any atom is 0.248 e. The first-order valence-corrected chi connectivity index (χ1v) is 8.58. The molecule has 3 rings (SSSR count). The smallest absolute Gasteiger partial charge is 0.248 e. The highest BCUT2D eigenvalue weighted by Gasteiger charge is 2.11. The summed E-state index contributed by atoms with van der Waals surface area (Å²) in [5, 5.41) is 9.97. The number of hydrogen-bond donors (Lipinski definition) is 1. The van der Waals surface area contributed by atoms with Crippen molar-refractivity contribution in [2.75, 3.05) is 0 Å². The third-order valence-electron chi connectivity index (χ3n) is 3.52. The van der Waals surface area contributed by atoms with E-state index in [2.05, 4.69) is 10.2 Å². The molecule has 0 aliphatic carbocycles. The fourth-order valence-electron chi connectivity index (χ4n) is 2.25. The van der Waals surface area contributed by atoms with Gasteiger partial charge in [-0.3, -0.25) is 4.79 Å². The first-order valence-electron chi connectivity index (χ1n) is 7.21. The topological polar surface area (TPSA) is 73.8 Å². The van der Waals surface area contributed by atoms with Crippen LogP contribution in [0.4, 0.5) is 0 Å². The van der Waals surface area contributed by atoms with E-state index in [0.29, 0.717) is 16.3 Å². The summed E-state index contributed by atoms with van der Waals surface area (Å²) >= 11 is 7.47. The second-order valence-electron chi connectivity index (χ2n) is 5.23. The van der Waals surface area contributed by atoms with Crippen molar-refractivity contribution < 1.29 is 4.79 Å². The summed E-state index contributed by atoms with van der Waals surface area (Å²) in [7, 11) is 1.92. The number of carbonyl (C=O) groups is 1. The first kappa shape index (κ1) is 16.5. The van der Waals surface area contributed by atoms with E-state index in [4.69, 9.17) is 17.3 Å². The Morgan fingerprint density at radius 2 is 1.96 bits per heavy atom. The van der Waals surface area contributed by atoms with E-state index in [1.165, 1.54) is 0 Å². The van der Waals surface area contributed by atoms with Gasteiger partial charge < -0.3 is 10.3 Å². The Balaban J connectivity index is 1.76. The number of nitrogens with zero attached hydrogens (tertiary/aromatic N) is 3. The molecule has 0 aliphatic heterocycles. The standard InChI is InChI=1S/C17H15ClN4OS/c1-22-16(12-5-7-14(18)8-6-12)20-21-17(22)24-10-11-3-2-4-13(9-11)15(19)23/h2-9H,10H2,1H3,(H2,19,23). The van der Waals surface area contributed by atoms with Gasteiger partial charge in [-0.25, -0.2) is 0 Å². The molecular formula is C17H15ClN4OS. The fraction of sp³-hybridized carbons (Fsp3) is 0.118. The molecule has 3 aromatic rings. The molecule has 0 atom stereocenters. The van der Waals surface area contributed by atoms with E-state index >= 15 is 0 Å². The number of rotatable bonds is 5. The number of nitrogens with two attached hydrogens (primary N) is 1. The first-order chi connectivity index (χ1) is 11.5. The van der Waals surface area contributed by atoms with Gasteiger partial charge >= 0.3 is 0 Å². The summed E-state index contributed by atoms with van der Waals surface area (Å²) in [5.74, 6) is 1.03. The highest BCUT2D eigenvalue weighted by molar-refractivity contribution is 7.98. The Morgan fingerprint density at radius 1 is 1.21 bits per heavy atom. The Morgan fingerprint density at radius 3 is 2.67 bits per heavy atom. The molecular weight excluding hydrogens is 344 g/mol. The number of halogens is 1. The Bertz CT molecular complexity index is 877. The van der Waals surface area contributed by atoms with Gasteiger partial charge in [0.05, 0.1) is 0 Å². The van der Waals surface area contributed by atoms with Gasteiger partial charge in [0.15, 0.2) is 11.0 Å². The fourth-order valence-corrected chi connectivity index (χ4v) is 3.23. The SMILES string of the molecule is Cn1c(SCc2cccc(C(N)=O)c2)nnc1-c1ccc(Cl)cc1. The lowest BCUT2D eigenvalue weighted by Crippen LogP contribution is -2.10. The Hall–Kier alpha value is -2.31. The Labute approximate surface area is 148 Å². The van der Waals surface area contributed by atoms with Gasteiger partial charge in [-0.2, -0.15) is 0 Å². The number of carbonyl (C=O) groups excluding carboxylic acids is 1. The van der Waals surface area contributed by atoms with Gasteiger partial charge in [0, 0.05) is 29.0 Å². The van der Waals surface area contributed by atoms with Crippen molar-refractivity contribution in [3.8, 4) is 11.4 Å². The zero-order chi connectivity index (χ0) is 17.1. The van der Waals surface area contributed by atoms with E-state index in [1.807, 2.05) is 48.0 Å². The van der Waals surface area contributed by atoms with Crippen LogP contribution in [0.25, 0.3) is 11.4 Å². The number of benzene rings is 2.